The van der Waals surface area contributed by atoms with Crippen LogP contribution in [-0.2, 0) is 11.2 Å². The number of rotatable bonds is 7. The molecule has 0 bridgehead atoms. The number of aromatic nitrogens is 2. The minimum absolute atomic E-state index is 0.0716. The lowest BCUT2D eigenvalue weighted by Crippen LogP contribution is -2.32. The van der Waals surface area contributed by atoms with Crippen LogP contribution in [-0.4, -0.2) is 47.0 Å². The molecule has 1 aliphatic heterocycles. The van der Waals surface area contributed by atoms with Crippen LogP contribution in [0.1, 0.15) is 43.6 Å². The fourth-order valence-corrected chi connectivity index (χ4v) is 3.47. The molecule has 1 aromatic heterocycles. The van der Waals surface area contributed by atoms with Crippen LogP contribution in [0.3, 0.4) is 0 Å². The second kappa shape index (κ2) is 8.42. The third kappa shape index (κ3) is 5.44. The molecule has 2 N–H and O–H groups in total. The average molecular weight is 334 g/mol. The van der Waals surface area contributed by atoms with E-state index in [1.54, 1.807) is 0 Å². The van der Waals surface area contributed by atoms with Crippen molar-refractivity contribution in [2.75, 3.05) is 26.2 Å². The first kappa shape index (κ1) is 18.6. The molecule has 0 spiro atoms. The molecule has 1 aliphatic rings. The molecule has 1 atom stereocenters. The SMILES string of the molecule is Cc1nc(=O)[nH]c(C)c1CCC(=O)NC[C@@H]1CCN(CC(C)C)C1. The Bertz CT molecular complexity index is 598. The summed E-state index contributed by atoms with van der Waals surface area (Å²) in [5.74, 6) is 1.32. The van der Waals surface area contributed by atoms with Gasteiger partial charge in [-0.3, -0.25) is 4.79 Å². The van der Waals surface area contributed by atoms with Crippen molar-refractivity contribution < 1.29 is 4.79 Å². The first-order valence-corrected chi connectivity index (χ1v) is 8.90. The third-order valence-corrected chi connectivity index (χ3v) is 4.64. The van der Waals surface area contributed by atoms with E-state index < -0.39 is 0 Å². The van der Waals surface area contributed by atoms with E-state index in [9.17, 15) is 9.59 Å². The molecular formula is C18H30N4O2. The van der Waals surface area contributed by atoms with Crippen molar-refractivity contribution in [2.24, 2.45) is 11.8 Å². The van der Waals surface area contributed by atoms with Crippen molar-refractivity contribution in [3.05, 3.63) is 27.4 Å². The number of nitrogens with one attached hydrogen (secondary N) is 2. The number of likely N-dealkylation sites (tertiary alicyclic amines) is 1. The van der Waals surface area contributed by atoms with E-state index in [0.29, 0.717) is 30.4 Å². The molecule has 0 saturated carbocycles. The van der Waals surface area contributed by atoms with Crippen LogP contribution in [0.15, 0.2) is 4.79 Å². The Morgan fingerprint density at radius 3 is 2.83 bits per heavy atom. The Hall–Kier alpha value is -1.69. The molecule has 1 amide bonds. The van der Waals surface area contributed by atoms with Gasteiger partial charge in [-0.25, -0.2) is 4.79 Å². The van der Waals surface area contributed by atoms with E-state index in [1.807, 2.05) is 13.8 Å². The van der Waals surface area contributed by atoms with E-state index >= 15 is 0 Å². The highest BCUT2D eigenvalue weighted by Crippen LogP contribution is 2.16. The van der Waals surface area contributed by atoms with Gasteiger partial charge in [-0.2, -0.15) is 4.98 Å². The molecule has 1 fully saturated rings. The van der Waals surface area contributed by atoms with Crippen LogP contribution in [0.5, 0.6) is 0 Å². The molecule has 2 heterocycles. The zero-order valence-electron chi connectivity index (χ0n) is 15.3. The summed E-state index contributed by atoms with van der Waals surface area (Å²) in [4.78, 5) is 32.5. The van der Waals surface area contributed by atoms with E-state index in [0.717, 1.165) is 43.9 Å². The highest BCUT2D eigenvalue weighted by atomic mass is 16.1. The summed E-state index contributed by atoms with van der Waals surface area (Å²) in [6.07, 6.45) is 2.20. The van der Waals surface area contributed by atoms with Crippen LogP contribution in [0.4, 0.5) is 0 Å². The largest absolute Gasteiger partial charge is 0.356 e. The minimum atomic E-state index is -0.328. The summed E-state index contributed by atoms with van der Waals surface area (Å²) in [5, 5.41) is 3.06. The quantitative estimate of drug-likeness (QED) is 0.790. The van der Waals surface area contributed by atoms with E-state index in [2.05, 4.69) is 34.0 Å². The number of hydrogen-bond donors (Lipinski definition) is 2. The first-order chi connectivity index (χ1) is 11.3. The summed E-state index contributed by atoms with van der Waals surface area (Å²) in [6.45, 7) is 12.3. The lowest BCUT2D eigenvalue weighted by Gasteiger charge is -2.18. The normalized spacial score (nSPS) is 18.3. The van der Waals surface area contributed by atoms with Crippen LogP contribution in [0.2, 0.25) is 0 Å². The van der Waals surface area contributed by atoms with Crippen molar-refractivity contribution in [3.63, 3.8) is 0 Å². The van der Waals surface area contributed by atoms with Crippen molar-refractivity contribution in [3.8, 4) is 0 Å². The lowest BCUT2D eigenvalue weighted by atomic mass is 10.1. The van der Waals surface area contributed by atoms with Gasteiger partial charge in [0, 0.05) is 37.4 Å². The van der Waals surface area contributed by atoms with Gasteiger partial charge in [-0.15, -0.1) is 0 Å². The predicted octanol–water partition coefficient (Wildman–Crippen LogP) is 1.41. The van der Waals surface area contributed by atoms with Crippen LogP contribution in [0, 0.1) is 25.7 Å². The number of carbonyl (C=O) groups excluding carboxylic acids is 1. The Labute approximate surface area is 144 Å². The summed E-state index contributed by atoms with van der Waals surface area (Å²) < 4.78 is 0. The third-order valence-electron chi connectivity index (χ3n) is 4.64. The molecule has 0 aromatic carbocycles. The van der Waals surface area contributed by atoms with E-state index in [4.69, 9.17) is 0 Å². The molecule has 1 saturated heterocycles. The molecule has 0 unspecified atom stereocenters. The minimum Gasteiger partial charge on any atom is -0.356 e. The van der Waals surface area contributed by atoms with Gasteiger partial charge < -0.3 is 15.2 Å². The van der Waals surface area contributed by atoms with Gasteiger partial charge in [0.05, 0.1) is 0 Å². The summed E-state index contributed by atoms with van der Waals surface area (Å²) in [6, 6.07) is 0. The van der Waals surface area contributed by atoms with Crippen molar-refractivity contribution in [1.82, 2.24) is 20.2 Å². The average Bonchev–Trinajstić information content (AvgIpc) is 2.90. The van der Waals surface area contributed by atoms with Crippen LogP contribution < -0.4 is 11.0 Å². The smallest absolute Gasteiger partial charge is 0.345 e. The summed E-state index contributed by atoms with van der Waals surface area (Å²) in [7, 11) is 0. The van der Waals surface area contributed by atoms with Crippen LogP contribution in [0.25, 0.3) is 0 Å². The van der Waals surface area contributed by atoms with Gasteiger partial charge >= 0.3 is 5.69 Å². The number of aromatic amines is 1. The number of nitrogens with zero attached hydrogens (tertiary/aromatic N) is 2. The Morgan fingerprint density at radius 2 is 2.17 bits per heavy atom. The number of H-pyrrole nitrogens is 1. The highest BCUT2D eigenvalue weighted by Gasteiger charge is 2.23. The highest BCUT2D eigenvalue weighted by molar-refractivity contribution is 5.76. The second-order valence-corrected chi connectivity index (χ2v) is 7.34. The maximum Gasteiger partial charge on any atom is 0.345 e. The fourth-order valence-electron chi connectivity index (χ4n) is 3.47. The molecule has 0 radical (unpaired) electrons. The number of carbonyl (C=O) groups is 1. The van der Waals surface area contributed by atoms with Crippen molar-refractivity contribution >= 4 is 5.91 Å². The fraction of sp³-hybridized carbons (Fsp3) is 0.722. The second-order valence-electron chi connectivity index (χ2n) is 7.34. The maximum absolute atomic E-state index is 12.1. The number of amides is 1. The molecule has 24 heavy (non-hydrogen) atoms. The molecule has 1 aromatic rings. The number of hydrogen-bond acceptors (Lipinski definition) is 4. The van der Waals surface area contributed by atoms with Gasteiger partial charge in [-0.1, -0.05) is 13.8 Å². The zero-order valence-corrected chi connectivity index (χ0v) is 15.3. The van der Waals surface area contributed by atoms with Gasteiger partial charge in [-0.05, 0) is 50.6 Å². The maximum atomic E-state index is 12.1. The van der Waals surface area contributed by atoms with Crippen molar-refractivity contribution in [2.45, 2.75) is 47.0 Å². The van der Waals surface area contributed by atoms with Gasteiger partial charge in [0.2, 0.25) is 5.91 Å². The standard InChI is InChI=1S/C18H30N4O2/c1-12(2)10-22-8-7-15(11-22)9-19-17(23)6-5-16-13(3)20-18(24)21-14(16)4/h12,15H,5-11H2,1-4H3,(H,19,23)(H,20,21,24)/t15-/m0/s1. The topological polar surface area (TPSA) is 78.1 Å². The molecule has 0 aliphatic carbocycles. The monoisotopic (exact) mass is 334 g/mol. The zero-order chi connectivity index (χ0) is 17.7. The number of aryl methyl sites for hydroxylation is 2. The molecular weight excluding hydrogens is 304 g/mol. The first-order valence-electron chi connectivity index (χ1n) is 8.90. The summed E-state index contributed by atoms with van der Waals surface area (Å²) in [5.41, 5.74) is 2.16. The Balaban J connectivity index is 1.74. The predicted molar refractivity (Wildman–Crippen MR) is 95.0 cm³/mol. The van der Waals surface area contributed by atoms with Crippen molar-refractivity contribution in [1.29, 1.82) is 0 Å². The van der Waals surface area contributed by atoms with Gasteiger partial charge in [0.25, 0.3) is 0 Å². The molecule has 6 heteroatoms. The lowest BCUT2D eigenvalue weighted by molar-refractivity contribution is -0.121. The van der Waals surface area contributed by atoms with Gasteiger partial charge in [0.15, 0.2) is 0 Å². The van der Waals surface area contributed by atoms with Crippen LogP contribution >= 0.6 is 0 Å². The summed E-state index contributed by atoms with van der Waals surface area (Å²) >= 11 is 0. The molecule has 2 rings (SSSR count). The molecule has 134 valence electrons. The van der Waals surface area contributed by atoms with Gasteiger partial charge in [0.1, 0.15) is 0 Å². The Kier molecular flexibility index (Phi) is 6.54. The Morgan fingerprint density at radius 1 is 1.42 bits per heavy atom. The van der Waals surface area contributed by atoms with E-state index in [1.165, 1.54) is 0 Å². The molecule has 6 nitrogen and oxygen atoms in total. The van der Waals surface area contributed by atoms with E-state index in [-0.39, 0.29) is 11.6 Å².